The second kappa shape index (κ2) is 11.0. The molecule has 3 atom stereocenters. The van der Waals surface area contributed by atoms with Crippen LogP contribution in [-0.4, -0.2) is 9.55 Å². The highest BCUT2D eigenvalue weighted by Gasteiger charge is 2.46. The van der Waals surface area contributed by atoms with Gasteiger partial charge in [0, 0.05) is 23.4 Å². The van der Waals surface area contributed by atoms with Gasteiger partial charge in [-0.2, -0.15) is 0 Å². The normalized spacial score (nSPS) is 23.8. The first kappa shape index (κ1) is 27.8. The minimum atomic E-state index is -0.159. The van der Waals surface area contributed by atoms with Crippen LogP contribution < -0.4 is 0 Å². The van der Waals surface area contributed by atoms with Gasteiger partial charge in [-0.3, -0.25) is 4.57 Å². The third-order valence-electron chi connectivity index (χ3n) is 10.4. The van der Waals surface area contributed by atoms with Crippen molar-refractivity contribution in [1.82, 2.24) is 9.55 Å². The molecule has 1 aromatic heterocycles. The van der Waals surface area contributed by atoms with Crippen molar-refractivity contribution in [3.8, 4) is 5.69 Å². The van der Waals surface area contributed by atoms with Crippen molar-refractivity contribution < 1.29 is 0 Å². The number of aryl methyl sites for hydroxylation is 1. The Bertz CT molecular complexity index is 2020. The molecule has 0 spiro atoms. The molecule has 2 heteroatoms. The van der Waals surface area contributed by atoms with E-state index in [9.17, 15) is 0 Å². The molecule has 4 aliphatic rings. The molecule has 1 heterocycles. The molecule has 4 aliphatic carbocycles. The summed E-state index contributed by atoms with van der Waals surface area (Å²) in [6.45, 7) is 7.07. The fraction of sp³-hybridized carbons (Fsp3) is 0.233. The Kier molecular flexibility index (Phi) is 6.82. The number of hydrogen-bond donors (Lipinski definition) is 0. The van der Waals surface area contributed by atoms with Crippen LogP contribution in [0.3, 0.4) is 0 Å². The highest BCUT2D eigenvalue weighted by molar-refractivity contribution is 5.91. The molecule has 222 valence electrons. The van der Waals surface area contributed by atoms with Crippen LogP contribution in [0.2, 0.25) is 0 Å². The molecule has 0 radical (unpaired) electrons. The number of aromatic nitrogens is 2. The van der Waals surface area contributed by atoms with Crippen LogP contribution in [0.5, 0.6) is 0 Å². The smallest absolute Gasteiger partial charge is 0.114 e. The Hall–Kier alpha value is -4.69. The molecular weight excluding hydrogens is 544 g/mol. The summed E-state index contributed by atoms with van der Waals surface area (Å²) in [6.07, 6.45) is 25.3. The second-order valence-corrected chi connectivity index (χ2v) is 13.1. The van der Waals surface area contributed by atoms with E-state index in [-0.39, 0.29) is 11.3 Å². The fourth-order valence-electron chi connectivity index (χ4n) is 8.21. The van der Waals surface area contributed by atoms with Gasteiger partial charge in [-0.05, 0) is 88.4 Å². The standard InChI is InChI=1S/C43H40N2/c1-4-39-44-37-18-8-9-19-38(37)45(39)34-26-24-33(25-27-34)42-40-29(2)13-12-16-35(40)41(36-17-10-11-28-43(36,42)3)32-22-20-31(21-23-32)30-14-6-5-7-15-30/h6,8-12,14-29,42H,4-5,7,13H2,1-3H3. The molecule has 3 unspecified atom stereocenters. The highest BCUT2D eigenvalue weighted by Crippen LogP contribution is 2.60. The minimum absolute atomic E-state index is 0.159. The zero-order valence-corrected chi connectivity index (χ0v) is 26.5. The Morgan fingerprint density at radius 2 is 1.64 bits per heavy atom. The zero-order valence-electron chi connectivity index (χ0n) is 26.5. The number of benzene rings is 3. The van der Waals surface area contributed by atoms with Crippen molar-refractivity contribution in [3.63, 3.8) is 0 Å². The van der Waals surface area contributed by atoms with Gasteiger partial charge >= 0.3 is 0 Å². The lowest BCUT2D eigenvalue weighted by molar-refractivity contribution is 0.408. The molecule has 8 rings (SSSR count). The van der Waals surface area contributed by atoms with Crippen molar-refractivity contribution in [2.24, 2.45) is 11.3 Å². The molecule has 0 bridgehead atoms. The summed E-state index contributed by atoms with van der Waals surface area (Å²) in [6, 6.07) is 27.2. The van der Waals surface area contributed by atoms with Crippen LogP contribution in [0.4, 0.5) is 0 Å². The number of para-hydroxylation sites is 2. The average molecular weight is 585 g/mol. The first-order valence-corrected chi connectivity index (χ1v) is 16.6. The summed E-state index contributed by atoms with van der Waals surface area (Å²) in [5, 5.41) is 0. The summed E-state index contributed by atoms with van der Waals surface area (Å²) in [5.41, 5.74) is 14.3. The quantitative estimate of drug-likeness (QED) is 0.228. The zero-order chi connectivity index (χ0) is 30.5. The number of imidazole rings is 1. The monoisotopic (exact) mass is 584 g/mol. The lowest BCUT2D eigenvalue weighted by atomic mass is 9.55. The molecule has 0 fully saturated rings. The summed E-state index contributed by atoms with van der Waals surface area (Å²) < 4.78 is 2.33. The largest absolute Gasteiger partial charge is 0.296 e. The van der Waals surface area contributed by atoms with Crippen LogP contribution in [0, 0.1) is 11.3 Å². The second-order valence-electron chi connectivity index (χ2n) is 13.1. The number of rotatable bonds is 5. The van der Waals surface area contributed by atoms with Gasteiger partial charge in [-0.25, -0.2) is 4.98 Å². The predicted octanol–water partition coefficient (Wildman–Crippen LogP) is 10.9. The third kappa shape index (κ3) is 4.50. The molecular formula is C43H40N2. The summed E-state index contributed by atoms with van der Waals surface area (Å²) in [4.78, 5) is 4.94. The van der Waals surface area contributed by atoms with Crippen molar-refractivity contribution >= 4 is 22.2 Å². The predicted molar refractivity (Wildman–Crippen MR) is 189 cm³/mol. The Balaban J connectivity index is 1.25. The molecule has 3 aromatic carbocycles. The fourth-order valence-corrected chi connectivity index (χ4v) is 8.21. The number of fused-ring (bicyclic) bond motifs is 2. The van der Waals surface area contributed by atoms with Gasteiger partial charge < -0.3 is 0 Å². The number of hydrogen-bond acceptors (Lipinski definition) is 1. The van der Waals surface area contributed by atoms with Gasteiger partial charge in [-0.1, -0.05) is 130 Å². The summed E-state index contributed by atoms with van der Waals surface area (Å²) in [7, 11) is 0. The van der Waals surface area contributed by atoms with Gasteiger partial charge in [0.25, 0.3) is 0 Å². The molecule has 4 aromatic rings. The van der Waals surface area contributed by atoms with Crippen molar-refractivity contribution in [2.45, 2.75) is 52.4 Å². The maximum absolute atomic E-state index is 4.94. The Labute approximate surface area is 267 Å². The van der Waals surface area contributed by atoms with Gasteiger partial charge in [0.05, 0.1) is 11.0 Å². The topological polar surface area (TPSA) is 17.8 Å². The SMILES string of the molecule is CCc1nc2ccccc2n1-c1ccc(C2C3=C(C=CCC3C)C(c3ccc(C4=CCCC=C4)cc3)=C3C=CC=CC32C)cc1. The molecule has 45 heavy (non-hydrogen) atoms. The Morgan fingerprint density at radius 1 is 0.844 bits per heavy atom. The molecule has 0 aliphatic heterocycles. The van der Waals surface area contributed by atoms with E-state index < -0.39 is 0 Å². The lowest BCUT2D eigenvalue weighted by Gasteiger charge is -2.48. The third-order valence-corrected chi connectivity index (χ3v) is 10.4. The molecule has 2 nitrogen and oxygen atoms in total. The highest BCUT2D eigenvalue weighted by atomic mass is 15.1. The van der Waals surface area contributed by atoms with E-state index in [1.165, 1.54) is 50.2 Å². The molecule has 0 N–H and O–H groups in total. The van der Waals surface area contributed by atoms with Crippen LogP contribution in [0.15, 0.2) is 144 Å². The van der Waals surface area contributed by atoms with Crippen LogP contribution in [0.1, 0.15) is 68.5 Å². The number of nitrogens with zero attached hydrogens (tertiary/aromatic N) is 2. The van der Waals surface area contributed by atoms with E-state index in [4.69, 9.17) is 4.98 Å². The first-order chi connectivity index (χ1) is 22.1. The van der Waals surface area contributed by atoms with E-state index in [0.717, 1.165) is 37.0 Å². The van der Waals surface area contributed by atoms with Gasteiger partial charge in [0.1, 0.15) is 5.82 Å². The van der Waals surface area contributed by atoms with Crippen molar-refractivity contribution in [2.75, 3.05) is 0 Å². The van der Waals surface area contributed by atoms with Crippen LogP contribution in [-0.2, 0) is 6.42 Å². The Morgan fingerprint density at radius 3 is 2.42 bits per heavy atom. The number of allylic oxidation sites excluding steroid dienone is 14. The summed E-state index contributed by atoms with van der Waals surface area (Å²) in [5.74, 6) is 1.81. The maximum Gasteiger partial charge on any atom is 0.114 e. The summed E-state index contributed by atoms with van der Waals surface area (Å²) >= 11 is 0. The van der Waals surface area contributed by atoms with Gasteiger partial charge in [0.15, 0.2) is 0 Å². The van der Waals surface area contributed by atoms with Gasteiger partial charge in [-0.15, -0.1) is 0 Å². The van der Waals surface area contributed by atoms with Crippen molar-refractivity contribution in [3.05, 3.63) is 167 Å². The molecule has 0 saturated carbocycles. The lowest BCUT2D eigenvalue weighted by Crippen LogP contribution is -2.35. The van der Waals surface area contributed by atoms with Crippen LogP contribution >= 0.6 is 0 Å². The van der Waals surface area contributed by atoms with Crippen LogP contribution in [0.25, 0.3) is 27.9 Å². The van der Waals surface area contributed by atoms with Gasteiger partial charge in [0.2, 0.25) is 0 Å². The van der Waals surface area contributed by atoms with E-state index >= 15 is 0 Å². The van der Waals surface area contributed by atoms with E-state index in [0.29, 0.717) is 5.92 Å². The molecule has 0 amide bonds. The first-order valence-electron chi connectivity index (χ1n) is 16.6. The minimum Gasteiger partial charge on any atom is -0.296 e. The van der Waals surface area contributed by atoms with E-state index in [2.05, 4.69) is 153 Å². The average Bonchev–Trinajstić information content (AvgIpc) is 3.47. The van der Waals surface area contributed by atoms with E-state index in [1.54, 1.807) is 5.57 Å². The van der Waals surface area contributed by atoms with Crippen molar-refractivity contribution in [1.29, 1.82) is 0 Å². The maximum atomic E-state index is 4.94. The van der Waals surface area contributed by atoms with E-state index in [1.807, 2.05) is 0 Å². The molecule has 0 saturated heterocycles.